The fourth-order valence-corrected chi connectivity index (χ4v) is 6.57. The third kappa shape index (κ3) is 3.20. The van der Waals surface area contributed by atoms with Crippen molar-refractivity contribution >= 4 is 54.5 Å². The van der Waals surface area contributed by atoms with E-state index in [-0.39, 0.29) is 11.8 Å². The van der Waals surface area contributed by atoms with Gasteiger partial charge in [0.1, 0.15) is 17.0 Å². The fourth-order valence-electron chi connectivity index (χ4n) is 6.57. The van der Waals surface area contributed by atoms with Gasteiger partial charge in [0.25, 0.3) is 0 Å². The zero-order chi connectivity index (χ0) is 27.1. The van der Waals surface area contributed by atoms with Gasteiger partial charge in [-0.25, -0.2) is 4.98 Å². The summed E-state index contributed by atoms with van der Waals surface area (Å²) in [5, 5.41) is 6.86. The molecule has 5 aromatic carbocycles. The molecule has 0 radical (unpaired) electrons. The number of hydrogen-bond donors (Lipinski definition) is 0. The average molecular weight is 529 g/mol. The number of aromatic nitrogens is 4. The smallest absolute Gasteiger partial charge is 0.238 e. The molecule has 0 amide bonds. The van der Waals surface area contributed by atoms with Crippen molar-refractivity contribution in [2.24, 2.45) is 5.92 Å². The highest BCUT2D eigenvalue weighted by Crippen LogP contribution is 2.44. The summed E-state index contributed by atoms with van der Waals surface area (Å²) < 4.78 is 8.80. The summed E-state index contributed by atoms with van der Waals surface area (Å²) in [5.74, 6) is 2.41. The van der Waals surface area contributed by atoms with Crippen LogP contribution in [0, 0.1) is 5.92 Å². The predicted octanol–water partition coefficient (Wildman–Crippen LogP) is 8.97. The Morgan fingerprint density at radius 1 is 0.610 bits per heavy atom. The topological polar surface area (TPSA) is 56.7 Å². The Kier molecular flexibility index (Phi) is 4.59. The Hall–Kier alpha value is -5.29. The van der Waals surface area contributed by atoms with E-state index >= 15 is 0 Å². The van der Waals surface area contributed by atoms with Crippen LogP contribution in [0.2, 0.25) is 0 Å². The summed E-state index contributed by atoms with van der Waals surface area (Å²) in [4.78, 5) is 15.4. The van der Waals surface area contributed by atoms with Gasteiger partial charge in [-0.15, -0.1) is 0 Å². The lowest BCUT2D eigenvalue weighted by molar-refractivity contribution is 0.597. The molecule has 2 unspecified atom stereocenters. The van der Waals surface area contributed by atoms with Crippen LogP contribution in [0.15, 0.2) is 120 Å². The van der Waals surface area contributed by atoms with Gasteiger partial charge in [-0.3, -0.25) is 4.57 Å². The first-order valence-corrected chi connectivity index (χ1v) is 14.0. The number of nitrogens with zero attached hydrogens (tertiary/aromatic N) is 4. The Balaban J connectivity index is 1.45. The van der Waals surface area contributed by atoms with Crippen molar-refractivity contribution in [3.63, 3.8) is 0 Å². The Labute approximate surface area is 235 Å². The van der Waals surface area contributed by atoms with Crippen LogP contribution in [0.5, 0.6) is 0 Å². The van der Waals surface area contributed by atoms with Crippen LogP contribution in [0.4, 0.5) is 0 Å². The van der Waals surface area contributed by atoms with Crippen molar-refractivity contribution in [2.75, 3.05) is 0 Å². The molecule has 0 N–H and O–H groups in total. The highest BCUT2D eigenvalue weighted by Gasteiger charge is 2.25. The van der Waals surface area contributed by atoms with Crippen molar-refractivity contribution in [3.8, 4) is 17.3 Å². The zero-order valence-electron chi connectivity index (χ0n) is 22.3. The zero-order valence-corrected chi connectivity index (χ0v) is 22.3. The Morgan fingerprint density at radius 2 is 1.27 bits per heavy atom. The minimum absolute atomic E-state index is 0.0597. The minimum Gasteiger partial charge on any atom is -0.456 e. The quantitative estimate of drug-likeness (QED) is 0.230. The number of benzene rings is 5. The lowest BCUT2D eigenvalue weighted by Crippen LogP contribution is -2.15. The van der Waals surface area contributed by atoms with E-state index in [0.29, 0.717) is 11.8 Å². The Morgan fingerprint density at radius 3 is 1.93 bits per heavy atom. The second-order valence-electron chi connectivity index (χ2n) is 10.9. The van der Waals surface area contributed by atoms with Gasteiger partial charge >= 0.3 is 0 Å². The van der Waals surface area contributed by atoms with E-state index in [1.54, 1.807) is 0 Å². The van der Waals surface area contributed by atoms with Crippen LogP contribution in [-0.2, 0) is 0 Å². The molecule has 41 heavy (non-hydrogen) atoms. The minimum atomic E-state index is 0.0597. The molecule has 1 aliphatic carbocycles. The van der Waals surface area contributed by atoms with E-state index < -0.39 is 0 Å². The molecule has 194 valence electrons. The van der Waals surface area contributed by atoms with Crippen LogP contribution in [0.1, 0.15) is 18.7 Å². The average Bonchev–Trinajstić information content (AvgIpc) is 3.28. The van der Waals surface area contributed by atoms with Gasteiger partial charge in [0, 0.05) is 33.0 Å². The van der Waals surface area contributed by atoms with E-state index in [9.17, 15) is 0 Å². The van der Waals surface area contributed by atoms with Crippen molar-refractivity contribution in [1.82, 2.24) is 19.5 Å². The van der Waals surface area contributed by atoms with E-state index in [4.69, 9.17) is 19.4 Å². The molecule has 3 aromatic heterocycles. The van der Waals surface area contributed by atoms with E-state index in [1.165, 1.54) is 10.8 Å². The van der Waals surface area contributed by atoms with Crippen LogP contribution < -0.4 is 0 Å². The third-order valence-electron chi connectivity index (χ3n) is 8.50. The van der Waals surface area contributed by atoms with E-state index in [0.717, 1.165) is 55.1 Å². The van der Waals surface area contributed by atoms with Crippen LogP contribution in [-0.4, -0.2) is 19.5 Å². The molecule has 5 nitrogen and oxygen atoms in total. The maximum atomic E-state index is 6.58. The lowest BCUT2D eigenvalue weighted by atomic mass is 9.89. The van der Waals surface area contributed by atoms with Crippen molar-refractivity contribution in [2.45, 2.75) is 12.8 Å². The highest BCUT2D eigenvalue weighted by atomic mass is 16.3. The first kappa shape index (κ1) is 22.5. The van der Waals surface area contributed by atoms with Gasteiger partial charge < -0.3 is 4.42 Å². The number of allylic oxidation sites excluding steroid dienone is 4. The first-order chi connectivity index (χ1) is 20.2. The second kappa shape index (κ2) is 8.35. The van der Waals surface area contributed by atoms with Crippen LogP contribution in [0.3, 0.4) is 0 Å². The summed E-state index contributed by atoms with van der Waals surface area (Å²) in [6.07, 6.45) is 8.59. The summed E-state index contributed by atoms with van der Waals surface area (Å²) in [5.41, 5.74) is 4.80. The van der Waals surface area contributed by atoms with Gasteiger partial charge in [0.05, 0.1) is 11.0 Å². The maximum absolute atomic E-state index is 6.58. The molecule has 0 fully saturated rings. The standard InChI is InChI=1S/C36H24N4O/c1-21-9-5-6-14-25(21)35-37-34(24-10-3-2-4-11-24)38-36(39-35)40-26-19-17-22-12-7-15-28-30(22)32(26)33-27(40)20-18-23-13-8-16-29(41-28)31(23)33/h2-21,25H,1H3. The summed E-state index contributed by atoms with van der Waals surface area (Å²) in [7, 11) is 0. The van der Waals surface area contributed by atoms with Crippen molar-refractivity contribution in [1.29, 1.82) is 0 Å². The summed E-state index contributed by atoms with van der Waals surface area (Å²) in [6, 6.07) is 31.5. The van der Waals surface area contributed by atoms with Gasteiger partial charge in [-0.2, -0.15) is 9.97 Å². The molecule has 9 rings (SSSR count). The fraction of sp³-hybridized carbons (Fsp3) is 0.0833. The maximum Gasteiger partial charge on any atom is 0.238 e. The van der Waals surface area contributed by atoms with Gasteiger partial charge in [0.15, 0.2) is 5.82 Å². The SMILES string of the molecule is CC1C=CC=CC1c1nc(-c2ccccc2)nc(-n2c3ccc4cccc5oc6cccc7ccc2c(c76)c3c45)n1. The number of hydrogen-bond acceptors (Lipinski definition) is 4. The summed E-state index contributed by atoms with van der Waals surface area (Å²) in [6.45, 7) is 2.21. The van der Waals surface area contributed by atoms with Crippen LogP contribution in [0.25, 0.3) is 71.9 Å². The van der Waals surface area contributed by atoms with E-state index in [2.05, 4.69) is 109 Å². The van der Waals surface area contributed by atoms with Gasteiger partial charge in [-0.05, 0) is 41.0 Å². The molecule has 8 aromatic rings. The summed E-state index contributed by atoms with van der Waals surface area (Å²) >= 11 is 0. The molecular formula is C36H24N4O. The molecule has 5 heteroatoms. The first-order valence-electron chi connectivity index (χ1n) is 14.0. The molecule has 0 saturated heterocycles. The normalized spacial score (nSPS) is 17.2. The molecular weight excluding hydrogens is 504 g/mol. The predicted molar refractivity (Wildman–Crippen MR) is 166 cm³/mol. The number of rotatable bonds is 3. The van der Waals surface area contributed by atoms with E-state index in [1.807, 2.05) is 18.2 Å². The van der Waals surface area contributed by atoms with Crippen molar-refractivity contribution in [3.05, 3.63) is 121 Å². The Bertz CT molecular complexity index is 2240. The highest BCUT2D eigenvalue weighted by molar-refractivity contribution is 6.33. The lowest BCUT2D eigenvalue weighted by Gasteiger charge is -2.20. The third-order valence-corrected chi connectivity index (χ3v) is 8.50. The molecule has 0 saturated carbocycles. The molecule has 2 atom stereocenters. The van der Waals surface area contributed by atoms with Crippen LogP contribution >= 0.6 is 0 Å². The molecule has 0 aliphatic heterocycles. The largest absolute Gasteiger partial charge is 0.456 e. The monoisotopic (exact) mass is 528 g/mol. The molecule has 0 spiro atoms. The molecule has 0 bridgehead atoms. The molecule has 3 heterocycles. The molecule has 1 aliphatic rings. The second-order valence-corrected chi connectivity index (χ2v) is 10.9. The van der Waals surface area contributed by atoms with Gasteiger partial charge in [0.2, 0.25) is 5.95 Å². The van der Waals surface area contributed by atoms with Crippen molar-refractivity contribution < 1.29 is 4.42 Å². The van der Waals surface area contributed by atoms with Gasteiger partial charge in [-0.1, -0.05) is 98.0 Å².